The van der Waals surface area contributed by atoms with Crippen LogP contribution >= 0.6 is 35.0 Å². The molecule has 2 nitrogen and oxygen atoms in total. The summed E-state index contributed by atoms with van der Waals surface area (Å²) in [5.74, 6) is 0.714. The molecule has 0 bridgehead atoms. The van der Waals surface area contributed by atoms with Gasteiger partial charge in [0.05, 0.1) is 0 Å². The summed E-state index contributed by atoms with van der Waals surface area (Å²) in [5, 5.41) is 1.44. The molecule has 0 aliphatic heterocycles. The Morgan fingerprint density at radius 2 is 1.81 bits per heavy atom. The monoisotopic (exact) mass is 336 g/mol. The second kappa shape index (κ2) is 6.14. The molecule has 5 heteroatoms. The maximum absolute atomic E-state index is 11.8. The van der Waals surface area contributed by atoms with Gasteiger partial charge in [0, 0.05) is 21.1 Å². The summed E-state index contributed by atoms with van der Waals surface area (Å²) in [5.41, 5.74) is 1.12. The highest BCUT2D eigenvalue weighted by Gasteiger charge is 2.14. The standard InChI is InChI=1S/C16H10Cl2O2S/c17-11-6-7-13-12(8-11)15(14(18)16(19)20-13)21-9-10-4-2-1-3-5-10/h1-8H,9H2. The van der Waals surface area contributed by atoms with Gasteiger partial charge in [-0.2, -0.15) is 0 Å². The van der Waals surface area contributed by atoms with Crippen LogP contribution in [0, 0.1) is 0 Å². The van der Waals surface area contributed by atoms with Crippen molar-refractivity contribution in [3.63, 3.8) is 0 Å². The second-order valence-corrected chi connectivity index (χ2v) is 6.25. The van der Waals surface area contributed by atoms with Gasteiger partial charge >= 0.3 is 5.63 Å². The van der Waals surface area contributed by atoms with Crippen LogP contribution < -0.4 is 5.63 Å². The molecule has 0 aliphatic rings. The first-order valence-corrected chi connectivity index (χ1v) is 7.98. The van der Waals surface area contributed by atoms with Gasteiger partial charge in [0.15, 0.2) is 0 Å². The third-order valence-electron chi connectivity index (χ3n) is 2.99. The zero-order valence-electron chi connectivity index (χ0n) is 10.8. The maximum Gasteiger partial charge on any atom is 0.356 e. The lowest BCUT2D eigenvalue weighted by Gasteiger charge is -2.08. The minimum atomic E-state index is -0.526. The van der Waals surface area contributed by atoms with E-state index in [4.69, 9.17) is 27.6 Å². The second-order valence-electron chi connectivity index (χ2n) is 4.45. The molecule has 3 aromatic rings. The van der Waals surface area contributed by atoms with E-state index < -0.39 is 5.63 Å². The first-order chi connectivity index (χ1) is 10.1. The van der Waals surface area contributed by atoms with Crippen molar-refractivity contribution in [3.8, 4) is 0 Å². The van der Waals surface area contributed by atoms with Crippen molar-refractivity contribution in [3.05, 3.63) is 74.6 Å². The van der Waals surface area contributed by atoms with E-state index in [1.807, 2.05) is 30.3 Å². The summed E-state index contributed by atoms with van der Waals surface area (Å²) in [7, 11) is 0. The number of fused-ring (bicyclic) bond motifs is 1. The van der Waals surface area contributed by atoms with Gasteiger partial charge in [0.1, 0.15) is 10.6 Å². The fraction of sp³-hybridized carbons (Fsp3) is 0.0625. The van der Waals surface area contributed by atoms with Crippen molar-refractivity contribution in [1.82, 2.24) is 0 Å². The van der Waals surface area contributed by atoms with Crippen molar-refractivity contribution >= 4 is 45.9 Å². The number of rotatable bonds is 3. The van der Waals surface area contributed by atoms with Crippen molar-refractivity contribution in [1.29, 1.82) is 0 Å². The summed E-state index contributed by atoms with van der Waals surface area (Å²) < 4.78 is 5.18. The number of thioether (sulfide) groups is 1. The summed E-state index contributed by atoms with van der Waals surface area (Å²) in [6.45, 7) is 0. The molecule has 0 saturated heterocycles. The smallest absolute Gasteiger partial charge is 0.356 e. The quantitative estimate of drug-likeness (QED) is 0.474. The molecule has 1 aromatic heterocycles. The lowest BCUT2D eigenvalue weighted by atomic mass is 10.2. The zero-order valence-corrected chi connectivity index (χ0v) is 13.1. The average molecular weight is 337 g/mol. The molecule has 0 atom stereocenters. The Morgan fingerprint density at radius 3 is 2.57 bits per heavy atom. The highest BCUT2D eigenvalue weighted by Crippen LogP contribution is 2.35. The third-order valence-corrected chi connectivity index (χ3v) is 4.87. The fourth-order valence-corrected chi connectivity index (χ4v) is 3.50. The van der Waals surface area contributed by atoms with Gasteiger partial charge in [-0.25, -0.2) is 4.79 Å². The lowest BCUT2D eigenvalue weighted by Crippen LogP contribution is -2.01. The van der Waals surface area contributed by atoms with Crippen LogP contribution in [0.5, 0.6) is 0 Å². The first kappa shape index (κ1) is 14.5. The molecule has 0 saturated carbocycles. The van der Waals surface area contributed by atoms with E-state index in [1.165, 1.54) is 11.8 Å². The fourth-order valence-electron chi connectivity index (χ4n) is 2.00. The van der Waals surface area contributed by atoms with Crippen molar-refractivity contribution in [2.24, 2.45) is 0 Å². The molecule has 21 heavy (non-hydrogen) atoms. The Hall–Kier alpha value is -1.42. The normalized spacial score (nSPS) is 11.0. The first-order valence-electron chi connectivity index (χ1n) is 6.24. The van der Waals surface area contributed by atoms with Gasteiger partial charge < -0.3 is 4.42 Å². The van der Waals surface area contributed by atoms with Gasteiger partial charge in [-0.15, -0.1) is 11.8 Å². The third kappa shape index (κ3) is 3.10. The Kier molecular flexibility index (Phi) is 4.24. The molecule has 3 rings (SSSR count). The Balaban J connectivity index is 2.05. The molecular weight excluding hydrogens is 327 g/mol. The van der Waals surface area contributed by atoms with Gasteiger partial charge in [0.25, 0.3) is 0 Å². The van der Waals surface area contributed by atoms with Crippen molar-refractivity contribution in [2.75, 3.05) is 0 Å². The number of hydrogen-bond acceptors (Lipinski definition) is 3. The van der Waals surface area contributed by atoms with Crippen LogP contribution in [0.25, 0.3) is 11.0 Å². The largest absolute Gasteiger partial charge is 0.422 e. The molecular formula is C16H10Cl2O2S. The highest BCUT2D eigenvalue weighted by molar-refractivity contribution is 7.98. The number of hydrogen-bond donors (Lipinski definition) is 0. The molecule has 2 aromatic carbocycles. The van der Waals surface area contributed by atoms with Crippen LogP contribution in [0.4, 0.5) is 0 Å². The SMILES string of the molecule is O=c1oc2ccc(Cl)cc2c(SCc2ccccc2)c1Cl. The minimum absolute atomic E-state index is 0.102. The number of benzene rings is 2. The van der Waals surface area contributed by atoms with Crippen LogP contribution in [0.2, 0.25) is 10.0 Å². The molecule has 1 heterocycles. The van der Waals surface area contributed by atoms with Crippen LogP contribution in [0.1, 0.15) is 5.56 Å². The molecule has 106 valence electrons. The van der Waals surface area contributed by atoms with E-state index in [9.17, 15) is 4.79 Å². The maximum atomic E-state index is 11.8. The van der Waals surface area contributed by atoms with E-state index in [2.05, 4.69) is 0 Å². The molecule has 0 N–H and O–H groups in total. The molecule has 0 amide bonds. The predicted octanol–water partition coefficient (Wildman–Crippen LogP) is 5.39. The van der Waals surface area contributed by atoms with Gasteiger partial charge in [-0.05, 0) is 23.8 Å². The van der Waals surface area contributed by atoms with Crippen molar-refractivity contribution in [2.45, 2.75) is 10.6 Å². The van der Waals surface area contributed by atoms with Gasteiger partial charge in [-0.3, -0.25) is 0 Å². The van der Waals surface area contributed by atoms with Gasteiger partial charge in [-0.1, -0.05) is 53.5 Å². The Labute approximate surface area is 135 Å². The molecule has 0 radical (unpaired) electrons. The Morgan fingerprint density at radius 1 is 1.05 bits per heavy atom. The van der Waals surface area contributed by atoms with E-state index in [1.54, 1.807) is 18.2 Å². The summed E-state index contributed by atoms with van der Waals surface area (Å²) >= 11 is 13.7. The van der Waals surface area contributed by atoms with Crippen molar-refractivity contribution < 1.29 is 4.42 Å². The summed E-state index contributed by atoms with van der Waals surface area (Å²) in [6.07, 6.45) is 0. The molecule has 0 unspecified atom stereocenters. The van der Waals surface area contributed by atoms with Crippen LogP contribution in [0.3, 0.4) is 0 Å². The van der Waals surface area contributed by atoms with Gasteiger partial charge in [0.2, 0.25) is 0 Å². The van der Waals surface area contributed by atoms with E-state index >= 15 is 0 Å². The molecule has 0 fully saturated rings. The van der Waals surface area contributed by atoms with Crippen LogP contribution in [0.15, 0.2) is 62.6 Å². The van der Waals surface area contributed by atoms with E-state index in [0.29, 0.717) is 21.3 Å². The summed E-state index contributed by atoms with van der Waals surface area (Å²) in [6, 6.07) is 15.1. The van der Waals surface area contributed by atoms with E-state index in [0.717, 1.165) is 10.9 Å². The Bertz CT molecular complexity index is 844. The topological polar surface area (TPSA) is 30.2 Å². The lowest BCUT2D eigenvalue weighted by molar-refractivity contribution is 0.558. The molecule has 0 aliphatic carbocycles. The zero-order chi connectivity index (χ0) is 14.8. The van der Waals surface area contributed by atoms with E-state index in [-0.39, 0.29) is 5.02 Å². The predicted molar refractivity (Wildman–Crippen MR) is 88.5 cm³/mol. The van der Waals surface area contributed by atoms with Crippen LogP contribution in [-0.4, -0.2) is 0 Å². The average Bonchev–Trinajstić information content (AvgIpc) is 2.49. The number of halogens is 2. The summed E-state index contributed by atoms with van der Waals surface area (Å²) in [4.78, 5) is 12.5. The highest BCUT2D eigenvalue weighted by atomic mass is 35.5. The molecule has 0 spiro atoms. The van der Waals surface area contributed by atoms with Crippen LogP contribution in [-0.2, 0) is 5.75 Å². The minimum Gasteiger partial charge on any atom is -0.422 e.